The van der Waals surface area contributed by atoms with Crippen LogP contribution in [0.4, 0.5) is 4.79 Å². The third-order valence-corrected chi connectivity index (χ3v) is 2.13. The van der Waals surface area contributed by atoms with E-state index in [0.29, 0.717) is 0 Å². The molecule has 0 aliphatic carbocycles. The topological polar surface area (TPSA) is 54.9 Å². The highest BCUT2D eigenvalue weighted by atomic mass is 32.2. The Labute approximate surface area is 72.4 Å². The molecular formula is C5H7N3OS2. The molecule has 0 spiro atoms. The maximum Gasteiger partial charge on any atom is 0.279 e. The smallest absolute Gasteiger partial charge is 0.279 e. The van der Waals surface area contributed by atoms with Crippen LogP contribution in [0, 0.1) is 0 Å². The number of rotatable bonds is 0. The summed E-state index contributed by atoms with van der Waals surface area (Å²) in [6, 6.07) is 0. The summed E-state index contributed by atoms with van der Waals surface area (Å²) < 4.78 is 0. The Balaban J connectivity index is 0.000000112. The van der Waals surface area contributed by atoms with Gasteiger partial charge in [-0.2, -0.15) is 0 Å². The second-order valence-electron chi connectivity index (χ2n) is 1.64. The van der Waals surface area contributed by atoms with Gasteiger partial charge in [0, 0.05) is 12.3 Å². The highest BCUT2D eigenvalue weighted by molar-refractivity contribution is 8.13. The normalized spacial score (nSPS) is 15.1. The number of carbonyl (C=O) groups is 1. The Kier molecular flexibility index (Phi) is 3.92. The Morgan fingerprint density at radius 1 is 1.45 bits per heavy atom. The Hall–Kier alpha value is -0.620. The molecule has 1 aliphatic heterocycles. The summed E-state index contributed by atoms with van der Waals surface area (Å²) in [5, 5.41) is 9.75. The molecule has 0 aromatic carbocycles. The van der Waals surface area contributed by atoms with Crippen LogP contribution < -0.4 is 5.32 Å². The van der Waals surface area contributed by atoms with E-state index in [4.69, 9.17) is 0 Å². The van der Waals surface area contributed by atoms with Gasteiger partial charge in [-0.15, -0.1) is 21.5 Å². The number of hydrogen-bond donors (Lipinski definition) is 1. The zero-order chi connectivity index (χ0) is 7.94. The van der Waals surface area contributed by atoms with Crippen LogP contribution in [0.2, 0.25) is 0 Å². The molecule has 4 nitrogen and oxygen atoms in total. The van der Waals surface area contributed by atoms with Gasteiger partial charge in [-0.05, 0) is 0 Å². The number of carbonyl (C=O) groups excluding carboxylic acids is 1. The van der Waals surface area contributed by atoms with Crippen molar-refractivity contribution < 1.29 is 4.79 Å². The lowest BCUT2D eigenvalue weighted by Crippen LogP contribution is -2.10. The van der Waals surface area contributed by atoms with E-state index in [1.165, 1.54) is 23.1 Å². The van der Waals surface area contributed by atoms with Crippen molar-refractivity contribution in [1.82, 2.24) is 15.5 Å². The minimum Gasteiger partial charge on any atom is -0.346 e. The lowest BCUT2D eigenvalue weighted by molar-refractivity contribution is 0.262. The monoisotopic (exact) mass is 189 g/mol. The van der Waals surface area contributed by atoms with Crippen LogP contribution in [0.15, 0.2) is 11.0 Å². The summed E-state index contributed by atoms with van der Waals surface area (Å²) in [5.74, 6) is 0.943. The number of thioether (sulfide) groups is 1. The van der Waals surface area contributed by atoms with Crippen LogP contribution in [0.1, 0.15) is 0 Å². The highest BCUT2D eigenvalue weighted by Crippen LogP contribution is 2.04. The fraction of sp³-hybridized carbons (Fsp3) is 0.400. The first-order valence-corrected chi connectivity index (χ1v) is 4.92. The van der Waals surface area contributed by atoms with Gasteiger partial charge >= 0.3 is 0 Å². The first-order valence-electron chi connectivity index (χ1n) is 2.99. The average Bonchev–Trinajstić information content (AvgIpc) is 2.57. The molecule has 1 saturated heterocycles. The quantitative estimate of drug-likeness (QED) is 0.661. The minimum absolute atomic E-state index is 0.120. The van der Waals surface area contributed by atoms with E-state index >= 15 is 0 Å². The summed E-state index contributed by atoms with van der Waals surface area (Å²) in [4.78, 5) is 10.1. The van der Waals surface area contributed by atoms with Crippen molar-refractivity contribution in [3.63, 3.8) is 0 Å². The van der Waals surface area contributed by atoms with Gasteiger partial charge in [-0.1, -0.05) is 11.8 Å². The standard InChI is InChI=1S/C3H5NOS.C2H2N2S/c5-3-4-1-2-6-3;1-3-4-2-5-1/h1-2H2,(H,4,5);1-2H. The molecule has 1 aromatic rings. The van der Waals surface area contributed by atoms with Crippen molar-refractivity contribution in [2.75, 3.05) is 12.3 Å². The van der Waals surface area contributed by atoms with Gasteiger partial charge in [-0.25, -0.2) is 0 Å². The lowest BCUT2D eigenvalue weighted by Gasteiger charge is -1.78. The molecule has 60 valence electrons. The average molecular weight is 189 g/mol. The van der Waals surface area contributed by atoms with Gasteiger partial charge in [0.2, 0.25) is 0 Å². The van der Waals surface area contributed by atoms with Crippen LogP contribution in [-0.4, -0.2) is 27.7 Å². The third kappa shape index (κ3) is 3.94. The van der Waals surface area contributed by atoms with Crippen molar-refractivity contribution in [2.24, 2.45) is 0 Å². The molecule has 0 bridgehead atoms. The molecule has 1 amide bonds. The second-order valence-corrected chi connectivity index (χ2v) is 3.40. The van der Waals surface area contributed by atoms with E-state index < -0.39 is 0 Å². The number of nitrogens with one attached hydrogen (secondary N) is 1. The van der Waals surface area contributed by atoms with E-state index in [0.717, 1.165) is 12.3 Å². The summed E-state index contributed by atoms with van der Waals surface area (Å²) in [5.41, 5.74) is 3.36. The van der Waals surface area contributed by atoms with E-state index in [1.807, 2.05) is 0 Å². The predicted octanol–water partition coefficient (Wildman–Crippen LogP) is 0.981. The molecule has 0 unspecified atom stereocenters. The summed E-state index contributed by atoms with van der Waals surface area (Å²) >= 11 is 2.84. The van der Waals surface area contributed by atoms with Crippen LogP contribution in [0.5, 0.6) is 0 Å². The Morgan fingerprint density at radius 3 is 2.36 bits per heavy atom. The fourth-order valence-electron chi connectivity index (χ4n) is 0.484. The van der Waals surface area contributed by atoms with E-state index in [1.54, 1.807) is 11.0 Å². The molecule has 1 aromatic heterocycles. The van der Waals surface area contributed by atoms with Gasteiger partial charge in [0.1, 0.15) is 11.0 Å². The van der Waals surface area contributed by atoms with Gasteiger partial charge in [0.25, 0.3) is 5.24 Å². The maximum atomic E-state index is 10.1. The molecule has 1 aliphatic rings. The molecule has 0 atom stereocenters. The predicted molar refractivity (Wildman–Crippen MR) is 45.8 cm³/mol. The molecule has 6 heteroatoms. The molecule has 1 fully saturated rings. The third-order valence-electron chi connectivity index (χ3n) is 0.887. The molecule has 11 heavy (non-hydrogen) atoms. The van der Waals surface area contributed by atoms with E-state index in [2.05, 4.69) is 15.5 Å². The zero-order valence-corrected chi connectivity index (χ0v) is 7.32. The van der Waals surface area contributed by atoms with Crippen molar-refractivity contribution in [1.29, 1.82) is 0 Å². The van der Waals surface area contributed by atoms with Crippen molar-refractivity contribution >= 4 is 28.3 Å². The highest BCUT2D eigenvalue weighted by Gasteiger charge is 2.06. The number of nitrogens with zero attached hydrogens (tertiary/aromatic N) is 2. The molecule has 2 rings (SSSR count). The molecule has 0 saturated carbocycles. The molecule has 2 heterocycles. The Bertz CT molecular complexity index is 176. The van der Waals surface area contributed by atoms with Crippen molar-refractivity contribution in [3.8, 4) is 0 Å². The van der Waals surface area contributed by atoms with Crippen LogP contribution in [-0.2, 0) is 0 Å². The molecular weight excluding hydrogens is 182 g/mol. The number of amides is 1. The first kappa shape index (κ1) is 8.48. The zero-order valence-electron chi connectivity index (χ0n) is 5.69. The van der Waals surface area contributed by atoms with Crippen molar-refractivity contribution in [2.45, 2.75) is 0 Å². The van der Waals surface area contributed by atoms with Crippen LogP contribution in [0.3, 0.4) is 0 Å². The van der Waals surface area contributed by atoms with Crippen LogP contribution >= 0.6 is 23.1 Å². The number of hydrogen-bond acceptors (Lipinski definition) is 5. The van der Waals surface area contributed by atoms with Crippen LogP contribution in [0.25, 0.3) is 0 Å². The fourth-order valence-corrected chi connectivity index (χ4v) is 1.35. The van der Waals surface area contributed by atoms with Gasteiger partial charge in [-0.3, -0.25) is 4.79 Å². The minimum atomic E-state index is 0.120. The molecule has 0 radical (unpaired) electrons. The summed E-state index contributed by atoms with van der Waals surface area (Å²) in [6.07, 6.45) is 0. The maximum absolute atomic E-state index is 10.1. The van der Waals surface area contributed by atoms with E-state index in [9.17, 15) is 4.79 Å². The number of aromatic nitrogens is 2. The van der Waals surface area contributed by atoms with Gasteiger partial charge in [0.05, 0.1) is 0 Å². The summed E-state index contributed by atoms with van der Waals surface area (Å²) in [7, 11) is 0. The largest absolute Gasteiger partial charge is 0.346 e. The molecule has 1 N–H and O–H groups in total. The lowest BCUT2D eigenvalue weighted by atomic mass is 10.8. The summed E-state index contributed by atoms with van der Waals surface area (Å²) in [6.45, 7) is 0.851. The van der Waals surface area contributed by atoms with Gasteiger partial charge < -0.3 is 5.32 Å². The first-order chi connectivity index (χ1) is 5.39. The second kappa shape index (κ2) is 5.09. The van der Waals surface area contributed by atoms with Gasteiger partial charge in [0.15, 0.2) is 0 Å². The van der Waals surface area contributed by atoms with Crippen molar-refractivity contribution in [3.05, 3.63) is 11.0 Å². The SMILES string of the molecule is O=C1NCCS1.c1nncs1. The van der Waals surface area contributed by atoms with E-state index in [-0.39, 0.29) is 5.24 Å². The Morgan fingerprint density at radius 2 is 2.18 bits per heavy atom.